The highest BCUT2D eigenvalue weighted by Gasteiger charge is 2.19. The molecule has 13 heavy (non-hydrogen) atoms. The fourth-order valence-corrected chi connectivity index (χ4v) is 1.94. The predicted molar refractivity (Wildman–Crippen MR) is 54.5 cm³/mol. The van der Waals surface area contributed by atoms with Gasteiger partial charge in [0.05, 0.1) is 6.10 Å². The molecule has 1 saturated heterocycles. The average molecular weight is 186 g/mol. The van der Waals surface area contributed by atoms with E-state index in [1.807, 2.05) is 6.92 Å². The van der Waals surface area contributed by atoms with Crippen molar-refractivity contribution in [3.05, 3.63) is 0 Å². The van der Waals surface area contributed by atoms with Crippen molar-refractivity contribution in [3.63, 3.8) is 0 Å². The van der Waals surface area contributed by atoms with Gasteiger partial charge in [-0.3, -0.25) is 0 Å². The van der Waals surface area contributed by atoms with Gasteiger partial charge in [-0.25, -0.2) is 0 Å². The molecule has 0 radical (unpaired) electrons. The fourth-order valence-electron chi connectivity index (χ4n) is 1.94. The minimum atomic E-state index is -0.156. The number of nitrogens with two attached hydrogens (primary N) is 1. The smallest absolute Gasteiger partial charge is 0.0664 e. The number of hydrogen-bond acceptors (Lipinski definition) is 3. The largest absolute Gasteiger partial charge is 0.392 e. The van der Waals surface area contributed by atoms with E-state index in [0.717, 1.165) is 32.6 Å². The lowest BCUT2D eigenvalue weighted by Crippen LogP contribution is -2.42. The summed E-state index contributed by atoms with van der Waals surface area (Å²) in [5, 5.41) is 9.50. The molecule has 2 atom stereocenters. The number of aliphatic hydroxyl groups is 1. The van der Waals surface area contributed by atoms with Gasteiger partial charge in [0.1, 0.15) is 0 Å². The number of rotatable bonds is 4. The van der Waals surface area contributed by atoms with Crippen LogP contribution in [0.4, 0.5) is 0 Å². The molecule has 3 heteroatoms. The van der Waals surface area contributed by atoms with E-state index in [4.69, 9.17) is 5.73 Å². The van der Waals surface area contributed by atoms with Crippen molar-refractivity contribution in [1.29, 1.82) is 0 Å². The van der Waals surface area contributed by atoms with Crippen molar-refractivity contribution < 1.29 is 5.11 Å². The lowest BCUT2D eigenvalue weighted by Gasteiger charge is -2.33. The predicted octanol–water partition coefficient (Wildman–Crippen LogP) is 0.428. The first-order chi connectivity index (χ1) is 6.26. The molecule has 0 aliphatic carbocycles. The zero-order valence-corrected chi connectivity index (χ0v) is 8.58. The van der Waals surface area contributed by atoms with Gasteiger partial charge >= 0.3 is 0 Å². The van der Waals surface area contributed by atoms with Crippen molar-refractivity contribution in [3.8, 4) is 0 Å². The summed E-state index contributed by atoms with van der Waals surface area (Å²) < 4.78 is 0. The molecule has 3 N–H and O–H groups in total. The molecule has 0 aromatic carbocycles. The Kier molecular flexibility index (Phi) is 4.70. The van der Waals surface area contributed by atoms with Gasteiger partial charge in [0, 0.05) is 13.1 Å². The van der Waals surface area contributed by atoms with Crippen LogP contribution in [0.5, 0.6) is 0 Å². The SMILES string of the molecule is CCC(O)CN1CCCC(CN)C1. The van der Waals surface area contributed by atoms with E-state index < -0.39 is 0 Å². The Bertz CT molecular complexity index is 139. The van der Waals surface area contributed by atoms with E-state index in [-0.39, 0.29) is 6.10 Å². The Morgan fingerprint density at radius 3 is 3.00 bits per heavy atom. The third kappa shape index (κ3) is 3.63. The summed E-state index contributed by atoms with van der Waals surface area (Å²) in [4.78, 5) is 2.34. The molecule has 0 spiro atoms. The first-order valence-corrected chi connectivity index (χ1v) is 5.36. The zero-order valence-electron chi connectivity index (χ0n) is 8.58. The summed E-state index contributed by atoms with van der Waals surface area (Å²) in [6, 6.07) is 0. The lowest BCUT2D eigenvalue weighted by atomic mass is 9.98. The Hall–Kier alpha value is -0.120. The average Bonchev–Trinajstić information content (AvgIpc) is 2.18. The number of aliphatic hydroxyl groups excluding tert-OH is 1. The quantitative estimate of drug-likeness (QED) is 0.669. The van der Waals surface area contributed by atoms with Gasteiger partial charge in [-0.15, -0.1) is 0 Å². The molecule has 0 saturated carbocycles. The van der Waals surface area contributed by atoms with Crippen LogP contribution in [-0.4, -0.2) is 42.3 Å². The maximum absolute atomic E-state index is 9.50. The van der Waals surface area contributed by atoms with E-state index in [1.54, 1.807) is 0 Å². The normalized spacial score (nSPS) is 27.5. The maximum atomic E-state index is 9.50. The molecule has 3 nitrogen and oxygen atoms in total. The van der Waals surface area contributed by atoms with Gasteiger partial charge in [-0.05, 0) is 38.3 Å². The molecule has 2 unspecified atom stereocenters. The molecule has 1 rings (SSSR count). The summed E-state index contributed by atoms with van der Waals surface area (Å²) in [5.74, 6) is 0.651. The molecule has 78 valence electrons. The van der Waals surface area contributed by atoms with Gasteiger partial charge < -0.3 is 15.7 Å². The first-order valence-electron chi connectivity index (χ1n) is 5.36. The highest BCUT2D eigenvalue weighted by molar-refractivity contribution is 4.74. The summed E-state index contributed by atoms with van der Waals surface area (Å²) in [5.41, 5.74) is 5.64. The molecule has 0 bridgehead atoms. The molecular formula is C10H22N2O. The number of likely N-dealkylation sites (tertiary alicyclic amines) is 1. The second kappa shape index (κ2) is 5.58. The van der Waals surface area contributed by atoms with Crippen LogP contribution in [-0.2, 0) is 0 Å². The highest BCUT2D eigenvalue weighted by Crippen LogP contribution is 2.15. The van der Waals surface area contributed by atoms with Crippen LogP contribution < -0.4 is 5.73 Å². The van der Waals surface area contributed by atoms with Crippen LogP contribution >= 0.6 is 0 Å². The summed E-state index contributed by atoms with van der Waals surface area (Å²) >= 11 is 0. The Morgan fingerprint density at radius 1 is 1.62 bits per heavy atom. The minimum Gasteiger partial charge on any atom is -0.392 e. The van der Waals surface area contributed by atoms with Crippen molar-refractivity contribution in [2.75, 3.05) is 26.2 Å². The fraction of sp³-hybridized carbons (Fsp3) is 1.00. The van der Waals surface area contributed by atoms with Gasteiger partial charge in [0.15, 0.2) is 0 Å². The maximum Gasteiger partial charge on any atom is 0.0664 e. The van der Waals surface area contributed by atoms with Crippen LogP contribution in [0.15, 0.2) is 0 Å². The zero-order chi connectivity index (χ0) is 9.68. The molecule has 1 aliphatic heterocycles. The monoisotopic (exact) mass is 186 g/mol. The lowest BCUT2D eigenvalue weighted by molar-refractivity contribution is 0.0836. The third-order valence-electron chi connectivity index (χ3n) is 2.88. The summed E-state index contributed by atoms with van der Waals surface area (Å²) in [6.07, 6.45) is 3.19. The first kappa shape index (κ1) is 11.0. The Balaban J connectivity index is 2.25. The second-order valence-electron chi connectivity index (χ2n) is 4.07. The molecule has 0 aromatic rings. The molecule has 0 aromatic heterocycles. The van der Waals surface area contributed by atoms with Gasteiger partial charge in [0.2, 0.25) is 0 Å². The van der Waals surface area contributed by atoms with Crippen molar-refractivity contribution >= 4 is 0 Å². The molecule has 1 heterocycles. The minimum absolute atomic E-state index is 0.156. The van der Waals surface area contributed by atoms with Crippen LogP contribution in [0.25, 0.3) is 0 Å². The number of β-amino-alcohol motifs (C(OH)–C–C–N with tert-alkyl or cyclic N) is 1. The van der Waals surface area contributed by atoms with E-state index in [9.17, 15) is 5.11 Å². The standard InChI is InChI=1S/C10H22N2O/c1-2-10(13)8-12-5-3-4-9(6-11)7-12/h9-10,13H,2-8,11H2,1H3. The van der Waals surface area contributed by atoms with E-state index in [2.05, 4.69) is 4.90 Å². The van der Waals surface area contributed by atoms with Crippen LogP contribution in [0, 0.1) is 5.92 Å². The molecular weight excluding hydrogens is 164 g/mol. The van der Waals surface area contributed by atoms with E-state index in [1.165, 1.54) is 12.8 Å². The summed E-state index contributed by atoms with van der Waals surface area (Å²) in [7, 11) is 0. The topological polar surface area (TPSA) is 49.5 Å². The van der Waals surface area contributed by atoms with E-state index in [0.29, 0.717) is 5.92 Å². The van der Waals surface area contributed by atoms with Crippen LogP contribution in [0.1, 0.15) is 26.2 Å². The second-order valence-corrected chi connectivity index (χ2v) is 4.07. The Labute approximate surface area is 80.9 Å². The highest BCUT2D eigenvalue weighted by atomic mass is 16.3. The summed E-state index contributed by atoms with van der Waals surface area (Å²) in [6.45, 7) is 5.85. The number of hydrogen-bond donors (Lipinski definition) is 2. The van der Waals surface area contributed by atoms with E-state index >= 15 is 0 Å². The number of piperidine rings is 1. The molecule has 0 amide bonds. The number of nitrogens with zero attached hydrogens (tertiary/aromatic N) is 1. The van der Waals surface area contributed by atoms with Crippen molar-refractivity contribution in [2.45, 2.75) is 32.3 Å². The Morgan fingerprint density at radius 2 is 2.38 bits per heavy atom. The molecule has 1 aliphatic rings. The molecule has 1 fully saturated rings. The van der Waals surface area contributed by atoms with Crippen molar-refractivity contribution in [1.82, 2.24) is 4.90 Å². The van der Waals surface area contributed by atoms with Gasteiger partial charge in [-0.2, -0.15) is 0 Å². The van der Waals surface area contributed by atoms with Gasteiger partial charge in [-0.1, -0.05) is 6.92 Å². The van der Waals surface area contributed by atoms with Crippen molar-refractivity contribution in [2.24, 2.45) is 11.7 Å². The van der Waals surface area contributed by atoms with Crippen LogP contribution in [0.2, 0.25) is 0 Å². The third-order valence-corrected chi connectivity index (χ3v) is 2.88. The van der Waals surface area contributed by atoms with Crippen LogP contribution in [0.3, 0.4) is 0 Å². The van der Waals surface area contributed by atoms with Gasteiger partial charge in [0.25, 0.3) is 0 Å².